The normalized spacial score (nSPS) is 18.7. The Morgan fingerprint density at radius 2 is 1.06 bits per heavy atom. The van der Waals surface area contributed by atoms with Gasteiger partial charge >= 0.3 is 0 Å². The lowest BCUT2D eigenvalue weighted by Crippen LogP contribution is -2.44. The van der Waals surface area contributed by atoms with E-state index in [2.05, 4.69) is 90.2 Å². The maximum atomic E-state index is 6.22. The fraction of sp³-hybridized carbons (Fsp3) is 0.259. The summed E-state index contributed by atoms with van der Waals surface area (Å²) in [5.41, 5.74) is 2.43. The van der Waals surface area contributed by atoms with Crippen molar-refractivity contribution in [1.82, 2.24) is 5.32 Å². The SMILES string of the molecule is Cl.c1ccc2cc(COC3CNCC(OCc4ccc5ccccc5c4)C3)ccc2c1. The average Bonchev–Trinajstić information content (AvgIpc) is 2.81. The van der Waals surface area contributed by atoms with Crippen LogP contribution in [0.2, 0.25) is 0 Å². The van der Waals surface area contributed by atoms with Crippen LogP contribution >= 0.6 is 12.4 Å². The molecule has 160 valence electrons. The Bertz CT molecular complexity index is 1060. The van der Waals surface area contributed by atoms with Crippen molar-refractivity contribution >= 4 is 34.0 Å². The molecule has 1 N–H and O–H groups in total. The number of nitrogens with one attached hydrogen (secondary N) is 1. The lowest BCUT2D eigenvalue weighted by atomic mass is 10.1. The maximum Gasteiger partial charge on any atom is 0.0729 e. The molecular weight excluding hydrogens is 406 g/mol. The maximum absolute atomic E-state index is 6.22. The number of piperidine rings is 1. The van der Waals surface area contributed by atoms with Gasteiger partial charge in [-0.2, -0.15) is 0 Å². The number of hydrogen-bond donors (Lipinski definition) is 1. The van der Waals surface area contributed by atoms with Crippen LogP contribution in [0.15, 0.2) is 84.9 Å². The molecule has 4 aromatic carbocycles. The van der Waals surface area contributed by atoms with Crippen molar-refractivity contribution in [3.63, 3.8) is 0 Å². The van der Waals surface area contributed by atoms with Gasteiger partial charge in [0.05, 0.1) is 25.4 Å². The summed E-state index contributed by atoms with van der Waals surface area (Å²) in [7, 11) is 0. The summed E-state index contributed by atoms with van der Waals surface area (Å²) < 4.78 is 12.4. The van der Waals surface area contributed by atoms with Crippen LogP contribution in [-0.4, -0.2) is 25.3 Å². The van der Waals surface area contributed by atoms with E-state index in [9.17, 15) is 0 Å². The molecule has 0 amide bonds. The van der Waals surface area contributed by atoms with E-state index >= 15 is 0 Å². The monoisotopic (exact) mass is 433 g/mol. The highest BCUT2D eigenvalue weighted by molar-refractivity contribution is 5.85. The standard InChI is InChI=1S/C27H27NO2.ClH/c1-3-7-24-13-20(9-11-22(24)5-1)18-29-26-15-27(17-28-16-26)30-19-21-10-12-23-6-2-4-8-25(23)14-21;/h1-14,26-28H,15-19H2;1H. The van der Waals surface area contributed by atoms with Gasteiger partial charge in [0.1, 0.15) is 0 Å². The predicted molar refractivity (Wildman–Crippen MR) is 130 cm³/mol. The van der Waals surface area contributed by atoms with Crippen molar-refractivity contribution in [3.8, 4) is 0 Å². The first kappa shape index (κ1) is 21.8. The van der Waals surface area contributed by atoms with Gasteiger partial charge in [0.15, 0.2) is 0 Å². The molecule has 0 spiro atoms. The van der Waals surface area contributed by atoms with Crippen LogP contribution in [0, 0.1) is 0 Å². The Morgan fingerprint density at radius 3 is 1.55 bits per heavy atom. The minimum Gasteiger partial charge on any atom is -0.372 e. The summed E-state index contributed by atoms with van der Waals surface area (Å²) >= 11 is 0. The molecule has 5 rings (SSSR count). The van der Waals surface area contributed by atoms with E-state index in [4.69, 9.17) is 9.47 Å². The second-order valence-electron chi connectivity index (χ2n) is 8.12. The van der Waals surface area contributed by atoms with E-state index in [1.54, 1.807) is 0 Å². The van der Waals surface area contributed by atoms with Crippen LogP contribution in [-0.2, 0) is 22.7 Å². The van der Waals surface area contributed by atoms with Crippen LogP contribution in [0.5, 0.6) is 0 Å². The molecule has 1 heterocycles. The molecule has 4 heteroatoms. The second kappa shape index (κ2) is 10.3. The van der Waals surface area contributed by atoms with E-state index in [0.29, 0.717) is 13.2 Å². The largest absolute Gasteiger partial charge is 0.372 e. The number of rotatable bonds is 6. The first-order valence-electron chi connectivity index (χ1n) is 10.7. The summed E-state index contributed by atoms with van der Waals surface area (Å²) in [6.07, 6.45) is 1.27. The smallest absolute Gasteiger partial charge is 0.0729 e. The predicted octanol–water partition coefficient (Wildman–Crippen LogP) is 5.88. The van der Waals surface area contributed by atoms with Gasteiger partial charge in [-0.15, -0.1) is 12.4 Å². The molecule has 0 bridgehead atoms. The third kappa shape index (κ3) is 5.44. The van der Waals surface area contributed by atoms with Gasteiger partial charge in [-0.3, -0.25) is 0 Å². The summed E-state index contributed by atoms with van der Waals surface area (Å²) in [6, 6.07) is 30.0. The van der Waals surface area contributed by atoms with Crippen molar-refractivity contribution in [3.05, 3.63) is 96.1 Å². The molecule has 31 heavy (non-hydrogen) atoms. The van der Waals surface area contributed by atoms with E-state index in [1.807, 2.05) is 0 Å². The Hall–Kier alpha value is -2.43. The van der Waals surface area contributed by atoms with E-state index < -0.39 is 0 Å². The number of hydrogen-bond acceptors (Lipinski definition) is 3. The summed E-state index contributed by atoms with van der Waals surface area (Å²) in [5.74, 6) is 0. The number of benzene rings is 4. The van der Waals surface area contributed by atoms with Crippen LogP contribution in [0.25, 0.3) is 21.5 Å². The van der Waals surface area contributed by atoms with Crippen molar-refractivity contribution in [1.29, 1.82) is 0 Å². The van der Waals surface area contributed by atoms with E-state index in [-0.39, 0.29) is 24.6 Å². The Kier molecular flexibility index (Phi) is 7.21. The zero-order valence-corrected chi connectivity index (χ0v) is 18.3. The molecule has 0 aliphatic carbocycles. The topological polar surface area (TPSA) is 30.5 Å². The van der Waals surface area contributed by atoms with Crippen molar-refractivity contribution in [2.75, 3.05) is 13.1 Å². The molecule has 3 nitrogen and oxygen atoms in total. The van der Waals surface area contributed by atoms with Crippen molar-refractivity contribution in [2.45, 2.75) is 31.8 Å². The zero-order chi connectivity index (χ0) is 20.2. The number of halogens is 1. The lowest BCUT2D eigenvalue weighted by Gasteiger charge is -2.30. The molecule has 1 fully saturated rings. The van der Waals surface area contributed by atoms with Crippen LogP contribution in [0.1, 0.15) is 17.5 Å². The Balaban J connectivity index is 0.00000231. The van der Waals surface area contributed by atoms with E-state index in [0.717, 1.165) is 19.5 Å². The van der Waals surface area contributed by atoms with Gasteiger partial charge in [-0.05, 0) is 44.8 Å². The highest BCUT2D eigenvalue weighted by Gasteiger charge is 2.23. The zero-order valence-electron chi connectivity index (χ0n) is 17.5. The van der Waals surface area contributed by atoms with Gasteiger partial charge < -0.3 is 14.8 Å². The Labute approximate surface area is 189 Å². The summed E-state index contributed by atoms with van der Waals surface area (Å²) in [4.78, 5) is 0. The van der Waals surface area contributed by atoms with Gasteiger partial charge in [-0.25, -0.2) is 0 Å². The molecule has 2 unspecified atom stereocenters. The second-order valence-corrected chi connectivity index (χ2v) is 8.12. The van der Waals surface area contributed by atoms with Crippen LogP contribution < -0.4 is 5.32 Å². The molecule has 0 saturated carbocycles. The third-order valence-corrected chi connectivity index (χ3v) is 5.87. The summed E-state index contributed by atoms with van der Waals surface area (Å²) in [6.45, 7) is 3.02. The Morgan fingerprint density at radius 1 is 0.613 bits per heavy atom. The van der Waals surface area contributed by atoms with E-state index in [1.165, 1.54) is 32.7 Å². The van der Waals surface area contributed by atoms with Gasteiger partial charge in [0.2, 0.25) is 0 Å². The molecule has 0 aromatic heterocycles. The fourth-order valence-corrected chi connectivity index (χ4v) is 4.20. The molecule has 1 saturated heterocycles. The molecule has 0 radical (unpaired) electrons. The van der Waals surface area contributed by atoms with Gasteiger partial charge in [-0.1, -0.05) is 72.8 Å². The van der Waals surface area contributed by atoms with Crippen molar-refractivity contribution < 1.29 is 9.47 Å². The first-order chi connectivity index (χ1) is 14.8. The van der Waals surface area contributed by atoms with Gasteiger partial charge in [0, 0.05) is 19.5 Å². The molecule has 1 aliphatic heterocycles. The van der Waals surface area contributed by atoms with Crippen molar-refractivity contribution in [2.24, 2.45) is 0 Å². The molecule has 4 aromatic rings. The third-order valence-electron chi connectivity index (χ3n) is 5.87. The highest BCUT2D eigenvalue weighted by Crippen LogP contribution is 2.20. The quantitative estimate of drug-likeness (QED) is 0.412. The van der Waals surface area contributed by atoms with Gasteiger partial charge in [0.25, 0.3) is 0 Å². The van der Waals surface area contributed by atoms with Crippen LogP contribution in [0.3, 0.4) is 0 Å². The first-order valence-corrected chi connectivity index (χ1v) is 10.7. The highest BCUT2D eigenvalue weighted by atomic mass is 35.5. The molecule has 2 atom stereocenters. The van der Waals surface area contributed by atoms with Crippen LogP contribution in [0.4, 0.5) is 0 Å². The summed E-state index contributed by atoms with van der Waals surface area (Å²) in [5, 5.41) is 8.52. The lowest BCUT2D eigenvalue weighted by molar-refractivity contribution is -0.0463. The number of fused-ring (bicyclic) bond motifs is 2. The average molecular weight is 434 g/mol. The molecular formula is C27H28ClNO2. The minimum atomic E-state index is 0. The molecule has 1 aliphatic rings. The minimum absolute atomic E-state index is 0. The fourth-order valence-electron chi connectivity index (χ4n) is 4.20. The number of ether oxygens (including phenoxy) is 2.